The summed E-state index contributed by atoms with van der Waals surface area (Å²) in [5, 5.41) is 9.27. The lowest BCUT2D eigenvalue weighted by Gasteiger charge is -2.03. The quantitative estimate of drug-likeness (QED) is 0.775. The topological polar surface area (TPSA) is 67.0 Å². The number of hydrogen-bond donors (Lipinski definition) is 2. The Labute approximate surface area is 132 Å². The van der Waals surface area contributed by atoms with E-state index in [0.29, 0.717) is 11.4 Å². The maximum Gasteiger partial charge on any atom is 0.273 e. The Balaban J connectivity index is 1.81. The normalized spacial score (nSPS) is 10.3. The van der Waals surface area contributed by atoms with Gasteiger partial charge in [0.25, 0.3) is 5.91 Å². The molecule has 0 unspecified atom stereocenters. The Kier molecular flexibility index (Phi) is 4.05. The molecule has 0 saturated carbocycles. The highest BCUT2D eigenvalue weighted by atomic mass is 19.1. The van der Waals surface area contributed by atoms with Crippen molar-refractivity contribution < 1.29 is 13.9 Å². The van der Waals surface area contributed by atoms with Crippen LogP contribution in [-0.2, 0) is 0 Å². The van der Waals surface area contributed by atoms with E-state index in [0.717, 1.165) is 5.56 Å². The van der Waals surface area contributed by atoms with Crippen molar-refractivity contribution in [1.29, 1.82) is 0 Å². The number of anilines is 1. The number of benzene rings is 2. The Morgan fingerprint density at radius 1 is 1.17 bits per heavy atom. The van der Waals surface area contributed by atoms with Gasteiger partial charge < -0.3 is 10.1 Å². The van der Waals surface area contributed by atoms with Crippen LogP contribution >= 0.6 is 0 Å². The van der Waals surface area contributed by atoms with Crippen molar-refractivity contribution in [3.63, 3.8) is 0 Å². The molecule has 116 valence electrons. The third-order valence-electron chi connectivity index (χ3n) is 3.31. The second-order valence-corrected chi connectivity index (χ2v) is 4.83. The van der Waals surface area contributed by atoms with Gasteiger partial charge in [-0.25, -0.2) is 4.39 Å². The summed E-state index contributed by atoms with van der Waals surface area (Å²) in [5.41, 5.74) is 1.77. The molecule has 0 atom stereocenters. The molecule has 0 aliphatic carbocycles. The number of aromatic nitrogens is 2. The van der Waals surface area contributed by atoms with Crippen LogP contribution in [0.3, 0.4) is 0 Å². The zero-order chi connectivity index (χ0) is 16.2. The van der Waals surface area contributed by atoms with E-state index in [4.69, 9.17) is 4.74 Å². The number of nitrogens with one attached hydrogen (secondary N) is 2. The molecular weight excluding hydrogens is 297 g/mol. The monoisotopic (exact) mass is 311 g/mol. The van der Waals surface area contributed by atoms with Crippen molar-refractivity contribution in [1.82, 2.24) is 10.2 Å². The molecule has 0 aliphatic rings. The van der Waals surface area contributed by atoms with Crippen molar-refractivity contribution in [2.75, 3.05) is 12.4 Å². The third-order valence-corrected chi connectivity index (χ3v) is 3.31. The Hall–Kier alpha value is -3.15. The molecule has 0 saturated heterocycles. The number of H-pyrrole nitrogens is 1. The maximum absolute atomic E-state index is 13.6. The summed E-state index contributed by atoms with van der Waals surface area (Å²) in [6, 6.07) is 14.9. The lowest BCUT2D eigenvalue weighted by molar-refractivity contribution is 0.102. The highest BCUT2D eigenvalue weighted by Gasteiger charge is 2.13. The van der Waals surface area contributed by atoms with Crippen molar-refractivity contribution >= 4 is 11.6 Å². The zero-order valence-corrected chi connectivity index (χ0v) is 12.3. The van der Waals surface area contributed by atoms with Gasteiger partial charge in [-0.15, -0.1) is 0 Å². The van der Waals surface area contributed by atoms with Gasteiger partial charge in [-0.05, 0) is 30.3 Å². The van der Waals surface area contributed by atoms with Crippen LogP contribution in [-0.4, -0.2) is 23.2 Å². The molecule has 3 rings (SSSR count). The van der Waals surface area contributed by atoms with E-state index < -0.39 is 11.7 Å². The van der Waals surface area contributed by atoms with E-state index in [9.17, 15) is 9.18 Å². The standard InChI is InChI=1S/C17H14FN3O2/c1-23-12-6-4-5-11(9-12)15-10-16(21-20-15)17(22)19-14-8-3-2-7-13(14)18/h2-10H,1H3,(H,19,22)(H,20,21). The fourth-order valence-corrected chi connectivity index (χ4v) is 2.12. The van der Waals surface area contributed by atoms with Gasteiger partial charge in [0.1, 0.15) is 17.3 Å². The number of para-hydroxylation sites is 1. The minimum atomic E-state index is -0.492. The molecule has 6 heteroatoms. The van der Waals surface area contributed by atoms with Crippen LogP contribution in [0, 0.1) is 5.82 Å². The summed E-state index contributed by atoms with van der Waals surface area (Å²) >= 11 is 0. The Morgan fingerprint density at radius 2 is 2.00 bits per heavy atom. The van der Waals surface area contributed by atoms with Crippen LogP contribution in [0.15, 0.2) is 54.6 Å². The first-order valence-electron chi connectivity index (χ1n) is 6.93. The summed E-state index contributed by atoms with van der Waals surface area (Å²) in [6.45, 7) is 0. The van der Waals surface area contributed by atoms with Crippen molar-refractivity contribution in [2.45, 2.75) is 0 Å². The van der Waals surface area contributed by atoms with Gasteiger partial charge in [-0.2, -0.15) is 5.10 Å². The lowest BCUT2D eigenvalue weighted by Crippen LogP contribution is -2.13. The van der Waals surface area contributed by atoms with Crippen LogP contribution < -0.4 is 10.1 Å². The fourth-order valence-electron chi connectivity index (χ4n) is 2.12. The van der Waals surface area contributed by atoms with E-state index >= 15 is 0 Å². The van der Waals surface area contributed by atoms with E-state index in [2.05, 4.69) is 15.5 Å². The smallest absolute Gasteiger partial charge is 0.273 e. The van der Waals surface area contributed by atoms with E-state index in [-0.39, 0.29) is 11.4 Å². The molecule has 1 amide bonds. The summed E-state index contributed by atoms with van der Waals surface area (Å²) in [4.78, 5) is 12.2. The van der Waals surface area contributed by atoms with Gasteiger partial charge in [0.15, 0.2) is 0 Å². The minimum absolute atomic E-state index is 0.120. The van der Waals surface area contributed by atoms with Gasteiger partial charge in [0.05, 0.1) is 18.5 Å². The summed E-state index contributed by atoms with van der Waals surface area (Å²) < 4.78 is 18.7. The molecule has 0 spiro atoms. The molecule has 1 aromatic heterocycles. The molecule has 5 nitrogen and oxygen atoms in total. The van der Waals surface area contributed by atoms with E-state index in [1.54, 1.807) is 25.3 Å². The average Bonchev–Trinajstić information content (AvgIpc) is 3.07. The Bertz CT molecular complexity index is 845. The second-order valence-electron chi connectivity index (χ2n) is 4.83. The molecule has 0 bridgehead atoms. The first-order valence-corrected chi connectivity index (χ1v) is 6.93. The molecule has 1 heterocycles. The first-order chi connectivity index (χ1) is 11.2. The predicted molar refractivity (Wildman–Crippen MR) is 84.9 cm³/mol. The predicted octanol–water partition coefficient (Wildman–Crippen LogP) is 3.48. The number of amides is 1. The van der Waals surface area contributed by atoms with Gasteiger partial charge in [-0.3, -0.25) is 9.89 Å². The van der Waals surface area contributed by atoms with Crippen LogP contribution in [0.4, 0.5) is 10.1 Å². The van der Waals surface area contributed by atoms with Crippen LogP contribution in [0.2, 0.25) is 0 Å². The number of halogens is 1. The number of nitrogens with zero attached hydrogens (tertiary/aromatic N) is 1. The third kappa shape index (κ3) is 3.21. The van der Waals surface area contributed by atoms with Gasteiger partial charge in [0, 0.05) is 5.56 Å². The molecule has 2 N–H and O–H groups in total. The van der Waals surface area contributed by atoms with E-state index in [1.807, 2.05) is 24.3 Å². The number of ether oxygens (including phenoxy) is 1. The van der Waals surface area contributed by atoms with Gasteiger partial charge in [-0.1, -0.05) is 24.3 Å². The zero-order valence-electron chi connectivity index (χ0n) is 12.3. The molecule has 0 fully saturated rings. The second kappa shape index (κ2) is 6.31. The lowest BCUT2D eigenvalue weighted by atomic mass is 10.1. The molecule has 23 heavy (non-hydrogen) atoms. The molecule has 0 aliphatic heterocycles. The fraction of sp³-hybridized carbons (Fsp3) is 0.0588. The van der Waals surface area contributed by atoms with Crippen LogP contribution in [0.25, 0.3) is 11.3 Å². The van der Waals surface area contributed by atoms with Crippen LogP contribution in [0.5, 0.6) is 5.75 Å². The van der Waals surface area contributed by atoms with Gasteiger partial charge in [0.2, 0.25) is 0 Å². The number of aromatic amines is 1. The summed E-state index contributed by atoms with van der Waals surface area (Å²) in [7, 11) is 1.58. The number of carbonyl (C=O) groups is 1. The van der Waals surface area contributed by atoms with Crippen LogP contribution in [0.1, 0.15) is 10.5 Å². The minimum Gasteiger partial charge on any atom is -0.497 e. The molecule has 2 aromatic carbocycles. The SMILES string of the molecule is COc1cccc(-c2cc(C(=O)Nc3ccccc3F)[nH]n2)c1. The summed E-state index contributed by atoms with van der Waals surface area (Å²) in [5.74, 6) is -0.256. The number of rotatable bonds is 4. The number of hydrogen-bond acceptors (Lipinski definition) is 3. The highest BCUT2D eigenvalue weighted by Crippen LogP contribution is 2.23. The van der Waals surface area contributed by atoms with Crippen molar-refractivity contribution in [3.8, 4) is 17.0 Å². The average molecular weight is 311 g/mol. The molecule has 3 aromatic rings. The largest absolute Gasteiger partial charge is 0.497 e. The van der Waals surface area contributed by atoms with Gasteiger partial charge >= 0.3 is 0 Å². The maximum atomic E-state index is 13.6. The van der Waals surface area contributed by atoms with Crippen molar-refractivity contribution in [3.05, 3.63) is 66.1 Å². The highest BCUT2D eigenvalue weighted by molar-refractivity contribution is 6.03. The molecular formula is C17H14FN3O2. The first kappa shape index (κ1) is 14.8. The Morgan fingerprint density at radius 3 is 2.78 bits per heavy atom. The summed E-state index contributed by atoms with van der Waals surface area (Å²) in [6.07, 6.45) is 0. The van der Waals surface area contributed by atoms with E-state index in [1.165, 1.54) is 12.1 Å². The number of carbonyl (C=O) groups excluding carboxylic acids is 1. The molecule has 0 radical (unpaired) electrons. The van der Waals surface area contributed by atoms with Crippen molar-refractivity contribution in [2.24, 2.45) is 0 Å². The number of methoxy groups -OCH3 is 1.